The van der Waals surface area contributed by atoms with Crippen molar-refractivity contribution in [2.24, 2.45) is 0 Å². The first-order valence-corrected chi connectivity index (χ1v) is 12.4. The van der Waals surface area contributed by atoms with E-state index in [0.717, 1.165) is 18.4 Å². The first kappa shape index (κ1) is 22.7. The molecule has 0 saturated heterocycles. The van der Waals surface area contributed by atoms with Crippen molar-refractivity contribution >= 4 is 34.9 Å². The van der Waals surface area contributed by atoms with E-state index in [1.165, 1.54) is 11.4 Å². The second kappa shape index (κ2) is 9.78. The minimum absolute atomic E-state index is 0.0637. The predicted octanol–water partition coefficient (Wildman–Crippen LogP) is 3.78. The molecular formula is C17H22NO7PS2. The first-order valence-electron chi connectivity index (χ1n) is 8.41. The highest BCUT2D eigenvalue weighted by Crippen LogP contribution is 2.60. The van der Waals surface area contributed by atoms with Gasteiger partial charge in [-0.05, 0) is 30.9 Å². The highest BCUT2D eigenvalue weighted by Gasteiger charge is 2.41. The maximum absolute atomic E-state index is 13.4. The number of methoxy groups -OCH3 is 1. The maximum Gasteiger partial charge on any atom is 0.352 e. The van der Waals surface area contributed by atoms with Crippen molar-refractivity contribution in [3.63, 3.8) is 0 Å². The van der Waals surface area contributed by atoms with E-state index in [1.54, 1.807) is 44.2 Å². The van der Waals surface area contributed by atoms with Crippen molar-refractivity contribution in [2.75, 3.05) is 20.3 Å². The summed E-state index contributed by atoms with van der Waals surface area (Å²) in [4.78, 5) is 11.6. The molecule has 28 heavy (non-hydrogen) atoms. The number of rotatable bonds is 10. The topological polar surface area (TPSA) is 108 Å². The Labute approximate surface area is 168 Å². The van der Waals surface area contributed by atoms with Gasteiger partial charge in [-0.2, -0.15) is 4.72 Å². The summed E-state index contributed by atoms with van der Waals surface area (Å²) < 4.78 is 57.2. The van der Waals surface area contributed by atoms with Gasteiger partial charge >= 0.3 is 13.6 Å². The van der Waals surface area contributed by atoms with Crippen LogP contribution in [0.1, 0.15) is 34.9 Å². The van der Waals surface area contributed by atoms with Gasteiger partial charge in [0, 0.05) is 0 Å². The number of thiophene rings is 1. The standard InChI is InChI=1S/C17H22NO7PS2/c1-4-24-26(20,25-5-2)16(13-9-7-6-8-10-13)18-28(21,22)14-11-12-27-15(14)17(19)23-3/h6-12,16,18H,4-5H2,1-3H3. The summed E-state index contributed by atoms with van der Waals surface area (Å²) in [6.45, 7) is 3.40. The molecule has 1 atom stereocenters. The van der Waals surface area contributed by atoms with E-state index in [1.807, 2.05) is 0 Å². The Bertz CT molecular complexity index is 933. The molecule has 1 aromatic heterocycles. The van der Waals surface area contributed by atoms with Gasteiger partial charge in [-0.15, -0.1) is 11.3 Å². The highest BCUT2D eigenvalue weighted by atomic mass is 32.2. The van der Waals surface area contributed by atoms with Crippen LogP contribution in [-0.4, -0.2) is 34.7 Å². The molecule has 8 nitrogen and oxygen atoms in total. The van der Waals surface area contributed by atoms with E-state index in [2.05, 4.69) is 9.46 Å². The van der Waals surface area contributed by atoms with E-state index in [9.17, 15) is 17.8 Å². The zero-order valence-electron chi connectivity index (χ0n) is 15.7. The quantitative estimate of drug-likeness (QED) is 0.436. The molecule has 2 rings (SSSR count). The van der Waals surface area contributed by atoms with Crippen LogP contribution in [0, 0.1) is 0 Å². The van der Waals surface area contributed by atoms with Crippen LogP contribution >= 0.6 is 18.9 Å². The molecule has 1 N–H and O–H groups in total. The van der Waals surface area contributed by atoms with Crippen molar-refractivity contribution in [2.45, 2.75) is 24.5 Å². The van der Waals surface area contributed by atoms with Gasteiger partial charge in [-0.1, -0.05) is 30.3 Å². The molecule has 1 aromatic carbocycles. The van der Waals surface area contributed by atoms with Gasteiger partial charge in [0.2, 0.25) is 10.0 Å². The summed E-state index contributed by atoms with van der Waals surface area (Å²) in [5, 5.41) is 1.46. The number of nitrogens with one attached hydrogen (secondary N) is 1. The summed E-state index contributed by atoms with van der Waals surface area (Å²) in [6, 6.07) is 9.63. The lowest BCUT2D eigenvalue weighted by Crippen LogP contribution is -2.30. The van der Waals surface area contributed by atoms with Crippen molar-refractivity contribution in [3.8, 4) is 0 Å². The lowest BCUT2D eigenvalue weighted by Gasteiger charge is -2.27. The average molecular weight is 447 g/mol. The van der Waals surface area contributed by atoms with Crippen LogP contribution in [0.2, 0.25) is 0 Å². The van der Waals surface area contributed by atoms with E-state index in [-0.39, 0.29) is 23.0 Å². The number of ether oxygens (including phenoxy) is 1. The van der Waals surface area contributed by atoms with Gasteiger partial charge in [0.05, 0.1) is 20.3 Å². The zero-order chi connectivity index (χ0) is 20.8. The molecule has 154 valence electrons. The van der Waals surface area contributed by atoms with Gasteiger partial charge in [0.15, 0.2) is 0 Å². The van der Waals surface area contributed by atoms with Gasteiger partial charge in [-0.3, -0.25) is 4.57 Å². The van der Waals surface area contributed by atoms with Crippen molar-refractivity contribution in [1.82, 2.24) is 4.72 Å². The molecule has 0 amide bonds. The Morgan fingerprint density at radius 2 is 1.75 bits per heavy atom. The molecule has 0 aliphatic rings. The first-order chi connectivity index (χ1) is 13.3. The van der Waals surface area contributed by atoms with Gasteiger partial charge in [-0.25, -0.2) is 13.2 Å². The molecule has 0 saturated carbocycles. The van der Waals surface area contributed by atoms with Crippen LogP contribution < -0.4 is 4.72 Å². The smallest absolute Gasteiger partial charge is 0.352 e. The number of hydrogen-bond acceptors (Lipinski definition) is 8. The molecular weight excluding hydrogens is 425 g/mol. The normalized spacial score (nSPS) is 13.2. The molecule has 0 radical (unpaired) electrons. The zero-order valence-corrected chi connectivity index (χ0v) is 18.2. The third kappa shape index (κ3) is 5.08. The summed E-state index contributed by atoms with van der Waals surface area (Å²) in [5.74, 6) is -2.06. The Balaban J connectivity index is 2.52. The van der Waals surface area contributed by atoms with Gasteiger partial charge in [0.1, 0.15) is 15.6 Å². The van der Waals surface area contributed by atoms with Crippen molar-refractivity contribution in [3.05, 3.63) is 52.2 Å². The molecule has 1 heterocycles. The fourth-order valence-corrected chi connectivity index (χ4v) is 7.42. The maximum atomic E-state index is 13.4. The highest BCUT2D eigenvalue weighted by molar-refractivity contribution is 7.90. The second-order valence-electron chi connectivity index (χ2n) is 5.42. The third-order valence-electron chi connectivity index (χ3n) is 3.61. The van der Waals surface area contributed by atoms with Crippen LogP contribution in [0.5, 0.6) is 0 Å². The Kier molecular flexibility index (Phi) is 7.94. The second-order valence-corrected chi connectivity index (χ2v) is 10.1. The summed E-state index contributed by atoms with van der Waals surface area (Å²) in [6.07, 6.45) is 0. The van der Waals surface area contributed by atoms with Crippen LogP contribution in [0.25, 0.3) is 0 Å². The number of hydrogen-bond donors (Lipinski definition) is 1. The van der Waals surface area contributed by atoms with E-state index in [0.29, 0.717) is 5.56 Å². The van der Waals surface area contributed by atoms with Crippen molar-refractivity contribution in [1.29, 1.82) is 0 Å². The molecule has 0 spiro atoms. The average Bonchev–Trinajstić information content (AvgIpc) is 3.17. The number of benzene rings is 1. The van der Waals surface area contributed by atoms with Crippen LogP contribution in [0.3, 0.4) is 0 Å². The Morgan fingerprint density at radius 3 is 2.29 bits per heavy atom. The van der Waals surface area contributed by atoms with E-state index < -0.39 is 29.4 Å². The number of esters is 1. The number of carbonyl (C=O) groups is 1. The van der Waals surface area contributed by atoms with Crippen LogP contribution in [0.4, 0.5) is 0 Å². The minimum Gasteiger partial charge on any atom is -0.465 e. The van der Waals surface area contributed by atoms with E-state index >= 15 is 0 Å². The Hall–Kier alpha value is -1.55. The summed E-state index contributed by atoms with van der Waals surface area (Å²) in [5.41, 5.74) is 0.408. The number of sulfonamides is 1. The van der Waals surface area contributed by atoms with Crippen molar-refractivity contribution < 1.29 is 31.6 Å². The monoisotopic (exact) mass is 447 g/mol. The molecule has 11 heteroatoms. The molecule has 0 fully saturated rings. The summed E-state index contributed by atoms with van der Waals surface area (Å²) in [7, 11) is -6.98. The molecule has 0 bridgehead atoms. The molecule has 0 aliphatic carbocycles. The van der Waals surface area contributed by atoms with Gasteiger partial charge in [0.25, 0.3) is 0 Å². The molecule has 2 aromatic rings. The summed E-state index contributed by atoms with van der Waals surface area (Å²) >= 11 is 0.935. The van der Waals surface area contributed by atoms with Gasteiger partial charge < -0.3 is 13.8 Å². The van der Waals surface area contributed by atoms with Crippen LogP contribution in [-0.2, 0) is 28.4 Å². The fourth-order valence-electron chi connectivity index (χ4n) is 2.46. The minimum atomic E-state index is -4.24. The third-order valence-corrected chi connectivity index (χ3v) is 8.57. The fraction of sp³-hybridized carbons (Fsp3) is 0.353. The number of carbonyl (C=O) groups excluding carboxylic acids is 1. The molecule has 0 aliphatic heterocycles. The predicted molar refractivity (Wildman–Crippen MR) is 106 cm³/mol. The molecule has 1 unspecified atom stereocenters. The lowest BCUT2D eigenvalue weighted by atomic mass is 10.2. The van der Waals surface area contributed by atoms with Crippen LogP contribution in [0.15, 0.2) is 46.7 Å². The largest absolute Gasteiger partial charge is 0.465 e. The SMILES string of the molecule is CCOP(=O)(OCC)C(NS(=O)(=O)c1ccsc1C(=O)OC)c1ccccc1. The van der Waals surface area contributed by atoms with E-state index in [4.69, 9.17) is 9.05 Å². The Morgan fingerprint density at radius 1 is 1.14 bits per heavy atom. The lowest BCUT2D eigenvalue weighted by molar-refractivity contribution is 0.0602.